The predicted molar refractivity (Wildman–Crippen MR) is 240 cm³/mol. The lowest BCUT2D eigenvalue weighted by Crippen LogP contribution is -1.90. The lowest BCUT2D eigenvalue weighted by atomic mass is 10.1. The van der Waals surface area contributed by atoms with E-state index >= 15 is 0 Å². The monoisotopic (exact) mass is 800 g/mol. The molecule has 0 bridgehead atoms. The van der Waals surface area contributed by atoms with Crippen molar-refractivity contribution >= 4 is 96.0 Å². The highest BCUT2D eigenvalue weighted by Crippen LogP contribution is 2.36. The third-order valence-corrected chi connectivity index (χ3v) is 11.5. The van der Waals surface area contributed by atoms with Crippen LogP contribution in [-0.2, 0) is 0 Å². The Morgan fingerprint density at radius 2 is 0.963 bits per heavy atom. The van der Waals surface area contributed by atoms with E-state index in [4.69, 9.17) is 5.73 Å². The Balaban J connectivity index is 0.000000136. The molecule has 0 unspecified atom stereocenters. The van der Waals surface area contributed by atoms with Crippen LogP contribution in [0.2, 0.25) is 0 Å². The van der Waals surface area contributed by atoms with E-state index in [0.29, 0.717) is 0 Å². The predicted octanol–water partition coefficient (Wildman–Crippen LogP) is 14.6. The summed E-state index contributed by atoms with van der Waals surface area (Å²) >= 11 is 7.10. The number of hydrogen-bond donors (Lipinski definition) is 2. The molecule has 10 aromatic rings. The Morgan fingerprint density at radius 3 is 1.57 bits per heavy atom. The minimum Gasteiger partial charge on any atom is -0.399 e. The molecule has 264 valence electrons. The zero-order chi connectivity index (χ0) is 36.0. The quantitative estimate of drug-likeness (QED) is 0.174. The van der Waals surface area contributed by atoms with Crippen molar-refractivity contribution in [2.24, 2.45) is 0 Å². The fourth-order valence-corrected chi connectivity index (χ4v) is 8.80. The highest BCUT2D eigenvalue weighted by atomic mass is 79.9. The number of anilines is 3. The average Bonchev–Trinajstić information content (AvgIpc) is 3.77. The second-order valence-corrected chi connectivity index (χ2v) is 15.4. The van der Waals surface area contributed by atoms with Crippen LogP contribution in [-0.4, -0.2) is 9.97 Å². The van der Waals surface area contributed by atoms with Gasteiger partial charge < -0.3 is 11.1 Å². The van der Waals surface area contributed by atoms with Crippen LogP contribution in [0.5, 0.6) is 0 Å². The molecule has 3 N–H and O–H groups in total. The van der Waals surface area contributed by atoms with Crippen LogP contribution < -0.4 is 11.1 Å². The number of thiophene rings is 2. The number of pyridine rings is 2. The normalized spacial score (nSPS) is 10.6. The van der Waals surface area contributed by atoms with Gasteiger partial charge in [-0.25, -0.2) is 0 Å². The molecule has 0 fully saturated rings. The van der Waals surface area contributed by atoms with Crippen LogP contribution in [0.1, 0.15) is 7.43 Å². The summed E-state index contributed by atoms with van der Waals surface area (Å²) in [7, 11) is 0. The number of aromatic nitrogens is 2. The molecule has 10 rings (SSSR count). The summed E-state index contributed by atoms with van der Waals surface area (Å²) in [6.07, 6.45) is 7.33. The van der Waals surface area contributed by atoms with Gasteiger partial charge in [-0.05, 0) is 96.1 Å². The molecule has 0 atom stereocenters. The second-order valence-electron chi connectivity index (χ2n) is 12.4. The maximum Gasteiger partial charge on any atom is 0.0391 e. The van der Waals surface area contributed by atoms with E-state index < -0.39 is 0 Å². The number of nitrogens with two attached hydrogens (primary N) is 1. The van der Waals surface area contributed by atoms with Crippen LogP contribution in [0.25, 0.3) is 62.6 Å². The third kappa shape index (κ3) is 8.35. The summed E-state index contributed by atoms with van der Waals surface area (Å²) in [4.78, 5) is 8.29. The molecular formula is C47H37BrN4S2. The molecule has 0 saturated carbocycles. The lowest BCUT2D eigenvalue weighted by Gasteiger charge is -2.09. The number of halogens is 1. The van der Waals surface area contributed by atoms with E-state index in [9.17, 15) is 0 Å². The van der Waals surface area contributed by atoms with Gasteiger partial charge in [0.15, 0.2) is 0 Å². The molecule has 0 spiro atoms. The van der Waals surface area contributed by atoms with Crippen molar-refractivity contribution in [3.63, 3.8) is 0 Å². The molecule has 6 aromatic carbocycles. The minimum atomic E-state index is 0. The summed E-state index contributed by atoms with van der Waals surface area (Å²) < 4.78 is 6.38. The number of nitrogens with zero attached hydrogens (tertiary/aromatic N) is 2. The van der Waals surface area contributed by atoms with Crippen LogP contribution >= 0.6 is 38.6 Å². The zero-order valence-electron chi connectivity index (χ0n) is 28.5. The molecule has 0 amide bonds. The Morgan fingerprint density at radius 1 is 0.444 bits per heavy atom. The fraction of sp³-hybridized carbons (Fsp3) is 0.0213. The molecular weight excluding hydrogens is 765 g/mol. The molecule has 0 aliphatic heterocycles. The van der Waals surface area contributed by atoms with Gasteiger partial charge in [0.2, 0.25) is 0 Å². The van der Waals surface area contributed by atoms with Gasteiger partial charge in [0.25, 0.3) is 0 Å². The Hall–Kier alpha value is -5.86. The standard InChI is InChI=1S/C23H16N2S.C12H9NS.C11H8BrN.CH4/c1-2-9-22-20(8-1)21-14-19(10-11-23(21)26-22)25-18-7-3-5-16(13-18)17-6-4-12-24-15-17;13-8-5-6-12-10(7-8)9-3-1-2-4-11(9)14-12;12-11-5-1-3-9(7-11)10-4-2-6-13-8-10;/h1-15,25H;1-7H,13H2;1-8H;1H4. The lowest BCUT2D eigenvalue weighted by molar-refractivity contribution is 1.33. The first-order valence-electron chi connectivity index (χ1n) is 17.1. The van der Waals surface area contributed by atoms with E-state index in [-0.39, 0.29) is 7.43 Å². The molecule has 7 heteroatoms. The molecule has 54 heavy (non-hydrogen) atoms. The molecule has 4 aromatic heterocycles. The van der Waals surface area contributed by atoms with Gasteiger partial charge in [-0.15, -0.1) is 22.7 Å². The van der Waals surface area contributed by atoms with Crippen LogP contribution in [0, 0.1) is 0 Å². The maximum absolute atomic E-state index is 5.78. The number of benzene rings is 6. The summed E-state index contributed by atoms with van der Waals surface area (Å²) in [6, 6.07) is 54.4. The van der Waals surface area contributed by atoms with Crippen molar-refractivity contribution in [1.29, 1.82) is 0 Å². The topological polar surface area (TPSA) is 63.8 Å². The Bertz CT molecular complexity index is 2800. The van der Waals surface area contributed by atoms with Crippen molar-refractivity contribution < 1.29 is 0 Å². The zero-order valence-corrected chi connectivity index (χ0v) is 31.7. The minimum absolute atomic E-state index is 0. The Kier molecular flexibility index (Phi) is 11.4. The van der Waals surface area contributed by atoms with E-state index in [1.165, 1.54) is 45.9 Å². The summed E-state index contributed by atoms with van der Waals surface area (Å²) in [5.74, 6) is 0. The van der Waals surface area contributed by atoms with Gasteiger partial charge in [-0.3, -0.25) is 9.97 Å². The van der Waals surface area contributed by atoms with E-state index in [2.05, 4.69) is 153 Å². The van der Waals surface area contributed by atoms with E-state index in [0.717, 1.165) is 38.2 Å². The van der Waals surface area contributed by atoms with Gasteiger partial charge in [0, 0.05) is 97.8 Å². The highest BCUT2D eigenvalue weighted by molar-refractivity contribution is 9.10. The van der Waals surface area contributed by atoms with Crippen LogP contribution in [0.15, 0.2) is 187 Å². The van der Waals surface area contributed by atoms with Crippen LogP contribution in [0.3, 0.4) is 0 Å². The Labute approximate surface area is 331 Å². The number of rotatable bonds is 4. The summed E-state index contributed by atoms with van der Waals surface area (Å²) in [5, 5.41) is 8.74. The highest BCUT2D eigenvalue weighted by Gasteiger charge is 2.07. The first-order valence-corrected chi connectivity index (χ1v) is 19.5. The number of nitrogen functional groups attached to an aromatic ring is 1. The molecule has 0 aliphatic carbocycles. The molecule has 4 heterocycles. The van der Waals surface area contributed by atoms with E-state index in [1.54, 1.807) is 12.4 Å². The summed E-state index contributed by atoms with van der Waals surface area (Å²) in [6.45, 7) is 0. The second kappa shape index (κ2) is 16.9. The van der Waals surface area contributed by atoms with E-state index in [1.807, 2.05) is 71.5 Å². The maximum atomic E-state index is 5.78. The first-order chi connectivity index (χ1) is 26.1. The molecule has 4 nitrogen and oxygen atoms in total. The third-order valence-electron chi connectivity index (χ3n) is 8.74. The largest absolute Gasteiger partial charge is 0.399 e. The molecule has 0 saturated heterocycles. The van der Waals surface area contributed by atoms with Crippen molar-refractivity contribution in [3.8, 4) is 22.3 Å². The van der Waals surface area contributed by atoms with Gasteiger partial charge in [-0.1, -0.05) is 96.2 Å². The smallest absolute Gasteiger partial charge is 0.0391 e. The number of hydrogen-bond acceptors (Lipinski definition) is 6. The van der Waals surface area contributed by atoms with Gasteiger partial charge in [0.1, 0.15) is 0 Å². The number of nitrogens with one attached hydrogen (secondary N) is 1. The van der Waals surface area contributed by atoms with Gasteiger partial charge >= 0.3 is 0 Å². The average molecular weight is 802 g/mol. The van der Waals surface area contributed by atoms with Crippen molar-refractivity contribution in [3.05, 3.63) is 187 Å². The van der Waals surface area contributed by atoms with Crippen molar-refractivity contribution in [2.45, 2.75) is 7.43 Å². The SMILES string of the molecule is Brc1cccc(-c2cccnc2)c1.C.Nc1ccc2sc3ccccc3c2c1.c1cncc(-c2cccc(Nc3ccc4sc5ccccc5c4c3)c2)c1. The fourth-order valence-electron chi connectivity index (χ4n) is 6.23. The molecule has 0 radical (unpaired) electrons. The van der Waals surface area contributed by atoms with Crippen LogP contribution in [0.4, 0.5) is 17.1 Å². The van der Waals surface area contributed by atoms with Gasteiger partial charge in [0.05, 0.1) is 0 Å². The van der Waals surface area contributed by atoms with Crippen molar-refractivity contribution in [2.75, 3.05) is 11.1 Å². The summed E-state index contributed by atoms with van der Waals surface area (Å²) in [5.41, 5.74) is 13.4. The first kappa shape index (κ1) is 36.5. The molecule has 0 aliphatic rings. The number of fused-ring (bicyclic) bond motifs is 6. The van der Waals surface area contributed by atoms with Gasteiger partial charge in [-0.2, -0.15) is 0 Å². The van der Waals surface area contributed by atoms with Crippen molar-refractivity contribution in [1.82, 2.24) is 9.97 Å².